The Morgan fingerprint density at radius 2 is 1.75 bits per heavy atom. The van der Waals surface area contributed by atoms with Crippen LogP contribution in [0.5, 0.6) is 0 Å². The third-order valence-electron chi connectivity index (χ3n) is 2.83. The summed E-state index contributed by atoms with van der Waals surface area (Å²) in [5.41, 5.74) is 1.70. The Morgan fingerprint density at radius 3 is 2.35 bits per heavy atom. The van der Waals surface area contributed by atoms with E-state index in [0.29, 0.717) is 21.8 Å². The van der Waals surface area contributed by atoms with Crippen LogP contribution in [-0.2, 0) is 0 Å². The third kappa shape index (κ3) is 3.16. The van der Waals surface area contributed by atoms with Crippen molar-refractivity contribution in [3.8, 4) is 0 Å². The second-order valence-corrected chi connectivity index (χ2v) is 4.73. The zero-order valence-electron chi connectivity index (χ0n) is 10.7. The van der Waals surface area contributed by atoms with Gasteiger partial charge in [0.15, 0.2) is 0 Å². The predicted molar refractivity (Wildman–Crippen MR) is 77.5 cm³/mol. The van der Waals surface area contributed by atoms with Crippen LogP contribution in [0.4, 0.5) is 5.69 Å². The van der Waals surface area contributed by atoms with Crippen molar-refractivity contribution < 1.29 is 14.7 Å². The average Bonchev–Trinajstić information content (AvgIpc) is 2.41. The predicted octanol–water partition coefficient (Wildman–Crippen LogP) is 3.60. The molecule has 1 amide bonds. The van der Waals surface area contributed by atoms with E-state index in [1.807, 2.05) is 0 Å². The quantitative estimate of drug-likeness (QED) is 0.907. The topological polar surface area (TPSA) is 66.4 Å². The lowest BCUT2D eigenvalue weighted by atomic mass is 10.1. The molecule has 0 fully saturated rings. The Labute approximate surface area is 121 Å². The van der Waals surface area contributed by atoms with Crippen molar-refractivity contribution in [2.45, 2.75) is 6.92 Å². The van der Waals surface area contributed by atoms with E-state index in [4.69, 9.17) is 16.7 Å². The zero-order chi connectivity index (χ0) is 14.7. The Bertz CT molecular complexity index is 665. The maximum Gasteiger partial charge on any atom is 0.336 e. The third-order valence-corrected chi connectivity index (χ3v) is 3.08. The van der Waals surface area contributed by atoms with Gasteiger partial charge in [-0.25, -0.2) is 4.79 Å². The van der Waals surface area contributed by atoms with Crippen LogP contribution in [0, 0.1) is 6.92 Å². The van der Waals surface area contributed by atoms with Crippen LogP contribution in [0.1, 0.15) is 26.3 Å². The fraction of sp³-hybridized carbons (Fsp3) is 0.0667. The molecule has 0 unspecified atom stereocenters. The van der Waals surface area contributed by atoms with Crippen LogP contribution in [-0.4, -0.2) is 17.0 Å². The largest absolute Gasteiger partial charge is 0.478 e. The van der Waals surface area contributed by atoms with Crippen molar-refractivity contribution >= 4 is 29.2 Å². The van der Waals surface area contributed by atoms with Gasteiger partial charge in [0.2, 0.25) is 0 Å². The fourth-order valence-electron chi connectivity index (χ4n) is 1.73. The van der Waals surface area contributed by atoms with E-state index in [9.17, 15) is 9.59 Å². The molecular weight excluding hydrogens is 278 g/mol. The summed E-state index contributed by atoms with van der Waals surface area (Å²) in [5, 5.41) is 12.2. The molecule has 4 nitrogen and oxygen atoms in total. The van der Waals surface area contributed by atoms with Gasteiger partial charge in [0, 0.05) is 16.3 Å². The smallest absolute Gasteiger partial charge is 0.336 e. The molecule has 0 saturated heterocycles. The summed E-state index contributed by atoms with van der Waals surface area (Å²) in [4.78, 5) is 23.0. The lowest BCUT2D eigenvalue weighted by Gasteiger charge is -2.08. The number of carboxylic acid groups (broad SMARTS) is 1. The SMILES string of the molecule is Cc1ccc(NC(=O)c2ccc(Cl)cc2)cc1C(=O)O. The highest BCUT2D eigenvalue weighted by atomic mass is 35.5. The highest BCUT2D eigenvalue weighted by molar-refractivity contribution is 6.30. The van der Waals surface area contributed by atoms with Gasteiger partial charge in [0.1, 0.15) is 0 Å². The number of anilines is 1. The number of carbonyl (C=O) groups excluding carboxylic acids is 1. The number of amides is 1. The maximum atomic E-state index is 12.0. The number of halogens is 1. The normalized spacial score (nSPS) is 10.1. The number of nitrogens with one attached hydrogen (secondary N) is 1. The number of carboxylic acids is 1. The molecule has 0 spiro atoms. The molecule has 20 heavy (non-hydrogen) atoms. The van der Waals surface area contributed by atoms with E-state index in [2.05, 4.69) is 5.32 Å². The number of hydrogen-bond donors (Lipinski definition) is 2. The highest BCUT2D eigenvalue weighted by Crippen LogP contribution is 2.17. The molecule has 102 valence electrons. The van der Waals surface area contributed by atoms with E-state index < -0.39 is 5.97 Å². The van der Waals surface area contributed by atoms with Gasteiger partial charge in [-0.3, -0.25) is 4.79 Å². The fourth-order valence-corrected chi connectivity index (χ4v) is 1.86. The monoisotopic (exact) mass is 289 g/mol. The highest BCUT2D eigenvalue weighted by Gasteiger charge is 2.10. The standard InChI is InChI=1S/C15H12ClNO3/c1-9-2-7-12(8-13(9)15(19)20)17-14(18)10-3-5-11(16)6-4-10/h2-8H,1H3,(H,17,18)(H,19,20). The molecule has 2 aromatic rings. The number of rotatable bonds is 3. The summed E-state index contributed by atoms with van der Waals surface area (Å²) in [7, 11) is 0. The van der Waals surface area contributed by atoms with Crippen LogP contribution in [0.15, 0.2) is 42.5 Å². The first-order valence-corrected chi connectivity index (χ1v) is 6.26. The first-order chi connectivity index (χ1) is 9.47. The minimum atomic E-state index is -1.02. The maximum absolute atomic E-state index is 12.0. The average molecular weight is 290 g/mol. The molecule has 2 N–H and O–H groups in total. The van der Waals surface area contributed by atoms with Crippen molar-refractivity contribution in [3.05, 3.63) is 64.2 Å². The molecule has 0 radical (unpaired) electrons. The van der Waals surface area contributed by atoms with Crippen molar-refractivity contribution in [1.29, 1.82) is 0 Å². The molecule has 2 aromatic carbocycles. The number of hydrogen-bond acceptors (Lipinski definition) is 2. The van der Waals surface area contributed by atoms with Gasteiger partial charge in [0.05, 0.1) is 5.56 Å². The summed E-state index contributed by atoms with van der Waals surface area (Å²) < 4.78 is 0. The molecule has 0 atom stereocenters. The zero-order valence-corrected chi connectivity index (χ0v) is 11.4. The number of aryl methyl sites for hydroxylation is 1. The van der Waals surface area contributed by atoms with Gasteiger partial charge in [-0.05, 0) is 48.9 Å². The van der Waals surface area contributed by atoms with E-state index in [0.717, 1.165) is 0 Å². The molecule has 0 aliphatic rings. The van der Waals surface area contributed by atoms with Gasteiger partial charge in [-0.2, -0.15) is 0 Å². The molecule has 0 heterocycles. The van der Waals surface area contributed by atoms with Crippen LogP contribution >= 0.6 is 11.6 Å². The Morgan fingerprint density at radius 1 is 1.10 bits per heavy atom. The number of aromatic carboxylic acids is 1. The molecule has 0 saturated carbocycles. The van der Waals surface area contributed by atoms with E-state index in [1.165, 1.54) is 6.07 Å². The van der Waals surface area contributed by atoms with Crippen LogP contribution < -0.4 is 5.32 Å². The van der Waals surface area contributed by atoms with Crippen molar-refractivity contribution in [2.75, 3.05) is 5.32 Å². The summed E-state index contributed by atoms with van der Waals surface area (Å²) >= 11 is 5.75. The molecule has 0 aliphatic carbocycles. The minimum absolute atomic E-state index is 0.166. The Balaban J connectivity index is 2.21. The van der Waals surface area contributed by atoms with Gasteiger partial charge in [-0.15, -0.1) is 0 Å². The summed E-state index contributed by atoms with van der Waals surface area (Å²) in [5.74, 6) is -1.34. The number of carbonyl (C=O) groups is 2. The van der Waals surface area contributed by atoms with Crippen LogP contribution in [0.25, 0.3) is 0 Å². The van der Waals surface area contributed by atoms with Crippen molar-refractivity contribution in [2.24, 2.45) is 0 Å². The van der Waals surface area contributed by atoms with E-state index in [-0.39, 0.29) is 11.5 Å². The molecule has 5 heteroatoms. The Kier molecular flexibility index (Phi) is 4.05. The second kappa shape index (κ2) is 5.75. The number of benzene rings is 2. The van der Waals surface area contributed by atoms with Crippen LogP contribution in [0.3, 0.4) is 0 Å². The minimum Gasteiger partial charge on any atom is -0.478 e. The van der Waals surface area contributed by atoms with Gasteiger partial charge >= 0.3 is 5.97 Å². The van der Waals surface area contributed by atoms with E-state index in [1.54, 1.807) is 43.3 Å². The molecular formula is C15H12ClNO3. The van der Waals surface area contributed by atoms with Gasteiger partial charge in [-0.1, -0.05) is 17.7 Å². The van der Waals surface area contributed by atoms with Crippen molar-refractivity contribution in [3.63, 3.8) is 0 Å². The van der Waals surface area contributed by atoms with Gasteiger partial charge in [0.25, 0.3) is 5.91 Å². The molecule has 2 rings (SSSR count). The second-order valence-electron chi connectivity index (χ2n) is 4.30. The summed E-state index contributed by atoms with van der Waals surface area (Å²) in [6.07, 6.45) is 0. The van der Waals surface area contributed by atoms with Crippen molar-refractivity contribution in [1.82, 2.24) is 0 Å². The summed E-state index contributed by atoms with van der Waals surface area (Å²) in [6.45, 7) is 1.70. The molecule has 0 bridgehead atoms. The van der Waals surface area contributed by atoms with Crippen LogP contribution in [0.2, 0.25) is 5.02 Å². The first kappa shape index (κ1) is 14.1. The first-order valence-electron chi connectivity index (χ1n) is 5.88. The lowest BCUT2D eigenvalue weighted by molar-refractivity contribution is 0.0695. The summed E-state index contributed by atoms with van der Waals surface area (Å²) in [6, 6.07) is 11.2. The Hall–Kier alpha value is -2.33. The molecule has 0 aliphatic heterocycles. The van der Waals surface area contributed by atoms with Gasteiger partial charge < -0.3 is 10.4 Å². The molecule has 0 aromatic heterocycles. The lowest BCUT2D eigenvalue weighted by Crippen LogP contribution is -2.12. The van der Waals surface area contributed by atoms with E-state index >= 15 is 0 Å².